The van der Waals surface area contributed by atoms with Gasteiger partial charge in [0.05, 0.1) is 17.2 Å². The number of hydrogen-bond acceptors (Lipinski definition) is 2. The summed E-state index contributed by atoms with van der Waals surface area (Å²) in [7, 11) is 1.41. The summed E-state index contributed by atoms with van der Waals surface area (Å²) < 4.78 is 44.0. The minimum absolute atomic E-state index is 0.0229. The molecule has 0 radical (unpaired) electrons. The highest BCUT2D eigenvalue weighted by atomic mass is 79.9. The first-order valence-corrected chi connectivity index (χ1v) is 5.80. The van der Waals surface area contributed by atoms with Crippen LogP contribution in [0.25, 0.3) is 5.57 Å². The molecule has 1 aliphatic carbocycles. The number of rotatable bonds is 1. The summed E-state index contributed by atoms with van der Waals surface area (Å²) in [6.07, 6.45) is -3.93. The highest BCUT2D eigenvalue weighted by molar-refractivity contribution is 9.10. The predicted octanol–water partition coefficient (Wildman–Crippen LogP) is 3.53. The lowest BCUT2D eigenvalue weighted by molar-refractivity contribution is -0.114. The van der Waals surface area contributed by atoms with E-state index >= 15 is 0 Å². The molecule has 0 bridgehead atoms. The highest BCUT2D eigenvalue weighted by Gasteiger charge is 2.38. The van der Waals surface area contributed by atoms with Crippen molar-refractivity contribution < 1.29 is 22.7 Å². The van der Waals surface area contributed by atoms with Gasteiger partial charge in [0, 0.05) is 6.42 Å². The fourth-order valence-corrected chi connectivity index (χ4v) is 2.37. The van der Waals surface area contributed by atoms with Crippen LogP contribution in [-0.4, -0.2) is 19.1 Å². The van der Waals surface area contributed by atoms with Crippen LogP contribution >= 0.6 is 15.9 Å². The first-order chi connectivity index (χ1) is 8.32. The van der Waals surface area contributed by atoms with Crippen LogP contribution in [0.4, 0.5) is 13.2 Å². The van der Waals surface area contributed by atoms with E-state index in [1.54, 1.807) is 0 Å². The van der Waals surface area contributed by atoms with Gasteiger partial charge in [-0.15, -0.1) is 0 Å². The zero-order valence-corrected chi connectivity index (χ0v) is 10.9. The number of halogens is 4. The zero-order chi connectivity index (χ0) is 13.5. The predicted molar refractivity (Wildman–Crippen MR) is 63.4 cm³/mol. The van der Waals surface area contributed by atoms with Crippen LogP contribution in [0.3, 0.4) is 0 Å². The van der Waals surface area contributed by atoms with Crippen molar-refractivity contribution in [3.8, 4) is 5.75 Å². The average Bonchev–Trinajstić information content (AvgIpc) is 2.26. The molecular weight excluding hydrogens is 313 g/mol. The van der Waals surface area contributed by atoms with E-state index in [4.69, 9.17) is 4.74 Å². The Kier molecular flexibility index (Phi) is 3.23. The summed E-state index contributed by atoms with van der Waals surface area (Å²) >= 11 is 3.14. The van der Waals surface area contributed by atoms with Gasteiger partial charge in [0.2, 0.25) is 0 Å². The Bertz CT molecular complexity index is 547. The van der Waals surface area contributed by atoms with Crippen molar-refractivity contribution in [3.63, 3.8) is 0 Å². The lowest BCUT2D eigenvalue weighted by Crippen LogP contribution is -2.19. The minimum atomic E-state index is -4.54. The fraction of sp³-hybridized carbons (Fsp3) is 0.250. The third kappa shape index (κ3) is 2.29. The second kappa shape index (κ2) is 4.42. The van der Waals surface area contributed by atoms with Gasteiger partial charge in [0.15, 0.2) is 5.78 Å². The number of benzene rings is 1. The van der Waals surface area contributed by atoms with E-state index in [0.29, 0.717) is 21.9 Å². The van der Waals surface area contributed by atoms with Crippen LogP contribution in [0.15, 0.2) is 22.7 Å². The minimum Gasteiger partial charge on any atom is -0.496 e. The Morgan fingerprint density at radius 3 is 2.56 bits per heavy atom. The topological polar surface area (TPSA) is 26.3 Å². The second-order valence-electron chi connectivity index (χ2n) is 3.84. The van der Waals surface area contributed by atoms with E-state index in [2.05, 4.69) is 15.9 Å². The first kappa shape index (κ1) is 13.1. The number of ether oxygens (including phenoxy) is 1. The number of ketones is 1. The van der Waals surface area contributed by atoms with Crippen LogP contribution in [0, 0.1) is 0 Å². The van der Waals surface area contributed by atoms with Crippen molar-refractivity contribution in [3.05, 3.63) is 33.8 Å². The molecule has 0 unspecified atom stereocenters. The molecule has 0 fully saturated rings. The molecule has 0 amide bonds. The van der Waals surface area contributed by atoms with Crippen molar-refractivity contribution in [1.29, 1.82) is 0 Å². The van der Waals surface area contributed by atoms with Gasteiger partial charge in [-0.1, -0.05) is 0 Å². The number of alkyl halides is 3. The van der Waals surface area contributed by atoms with Gasteiger partial charge in [-0.05, 0) is 45.3 Å². The molecule has 1 aromatic rings. The van der Waals surface area contributed by atoms with Gasteiger partial charge in [0.25, 0.3) is 0 Å². The molecule has 0 heterocycles. The summed E-state index contributed by atoms with van der Waals surface area (Å²) in [5.74, 6) is -0.149. The van der Waals surface area contributed by atoms with Crippen LogP contribution in [0.2, 0.25) is 0 Å². The third-order valence-corrected chi connectivity index (χ3v) is 3.26. The third-order valence-electron chi connectivity index (χ3n) is 2.64. The van der Waals surface area contributed by atoms with Crippen molar-refractivity contribution in [2.75, 3.05) is 7.11 Å². The monoisotopic (exact) mass is 320 g/mol. The normalized spacial score (nSPS) is 15.2. The number of methoxy groups -OCH3 is 1. The summed E-state index contributed by atoms with van der Waals surface area (Å²) in [5.41, 5.74) is -0.554. The van der Waals surface area contributed by atoms with Crippen molar-refractivity contribution >= 4 is 27.3 Å². The van der Waals surface area contributed by atoms with Crippen LogP contribution in [0.1, 0.15) is 11.1 Å². The quantitative estimate of drug-likeness (QED) is 0.791. The molecule has 0 N–H and O–H groups in total. The molecule has 0 saturated carbocycles. The molecule has 2 nitrogen and oxygen atoms in total. The molecule has 1 aliphatic rings. The first-order valence-electron chi connectivity index (χ1n) is 5.01. The smallest absolute Gasteiger partial charge is 0.417 e. The molecular formula is C12H8BrF3O2. The molecule has 6 heteroatoms. The van der Waals surface area contributed by atoms with Gasteiger partial charge in [-0.25, -0.2) is 0 Å². The summed E-state index contributed by atoms with van der Waals surface area (Å²) in [6.45, 7) is 0. The molecule has 96 valence electrons. The number of hydrogen-bond donors (Lipinski definition) is 0. The molecule has 2 rings (SSSR count). The summed E-state index contributed by atoms with van der Waals surface area (Å²) in [4.78, 5) is 11.3. The van der Waals surface area contributed by atoms with Gasteiger partial charge in [-0.3, -0.25) is 4.79 Å². The summed E-state index contributed by atoms with van der Waals surface area (Å²) in [5, 5.41) is 0. The maximum absolute atomic E-state index is 12.8. The lowest BCUT2D eigenvalue weighted by Gasteiger charge is -2.20. The van der Waals surface area contributed by atoms with E-state index in [-0.39, 0.29) is 12.0 Å². The number of fused-ring (bicyclic) bond motifs is 1. The van der Waals surface area contributed by atoms with E-state index in [0.717, 1.165) is 0 Å². The van der Waals surface area contributed by atoms with Crippen LogP contribution < -0.4 is 4.74 Å². The SMILES string of the molecule is COc1cc2c(cc1Br)C(C(F)(F)F)=CC(=O)C2. The van der Waals surface area contributed by atoms with E-state index in [1.165, 1.54) is 19.2 Å². The van der Waals surface area contributed by atoms with E-state index < -0.39 is 17.5 Å². The number of carbonyl (C=O) groups is 1. The molecule has 1 aromatic carbocycles. The average molecular weight is 321 g/mol. The number of allylic oxidation sites excluding steroid dienone is 2. The van der Waals surface area contributed by atoms with E-state index in [9.17, 15) is 18.0 Å². The molecule has 0 atom stereocenters. The zero-order valence-electron chi connectivity index (χ0n) is 9.27. The second-order valence-corrected chi connectivity index (χ2v) is 4.70. The Labute approximate surface area is 110 Å². The number of carbonyl (C=O) groups excluding carboxylic acids is 1. The molecule has 0 aliphatic heterocycles. The Morgan fingerprint density at radius 2 is 2.00 bits per heavy atom. The van der Waals surface area contributed by atoms with Gasteiger partial charge >= 0.3 is 6.18 Å². The Morgan fingerprint density at radius 1 is 1.33 bits per heavy atom. The van der Waals surface area contributed by atoms with Gasteiger partial charge < -0.3 is 4.74 Å². The lowest BCUT2D eigenvalue weighted by atomic mass is 9.89. The maximum atomic E-state index is 12.8. The fourth-order valence-electron chi connectivity index (χ4n) is 1.86. The highest BCUT2D eigenvalue weighted by Crippen LogP contribution is 2.41. The standard InChI is InChI=1S/C12H8BrF3O2/c1-18-11-3-6-2-7(17)4-9(12(14,15)16)8(6)5-10(11)13/h3-5H,2H2,1H3. The molecule has 0 spiro atoms. The Balaban J connectivity index is 2.64. The maximum Gasteiger partial charge on any atom is 0.417 e. The summed E-state index contributed by atoms with van der Waals surface area (Å²) in [6, 6.07) is 2.79. The van der Waals surface area contributed by atoms with Crippen molar-refractivity contribution in [2.24, 2.45) is 0 Å². The van der Waals surface area contributed by atoms with Crippen LogP contribution in [0.5, 0.6) is 5.75 Å². The van der Waals surface area contributed by atoms with Crippen LogP contribution in [-0.2, 0) is 11.2 Å². The molecule has 18 heavy (non-hydrogen) atoms. The Hall–Kier alpha value is -1.30. The molecule has 0 aromatic heterocycles. The van der Waals surface area contributed by atoms with E-state index in [1.807, 2.05) is 0 Å². The largest absolute Gasteiger partial charge is 0.496 e. The van der Waals surface area contributed by atoms with Gasteiger partial charge in [-0.2, -0.15) is 13.2 Å². The molecule has 0 saturated heterocycles. The van der Waals surface area contributed by atoms with Crippen molar-refractivity contribution in [1.82, 2.24) is 0 Å². The van der Waals surface area contributed by atoms with Crippen molar-refractivity contribution in [2.45, 2.75) is 12.6 Å². The van der Waals surface area contributed by atoms with Gasteiger partial charge in [0.1, 0.15) is 5.75 Å².